The highest BCUT2D eigenvalue weighted by Gasteiger charge is 2.43. The molecule has 2 nitrogen and oxygen atoms in total. The monoisotopic (exact) mass is 156 g/mol. The van der Waals surface area contributed by atoms with Gasteiger partial charge in [0.2, 0.25) is 0 Å². The zero-order valence-corrected chi connectivity index (χ0v) is 6.99. The summed E-state index contributed by atoms with van der Waals surface area (Å²) < 4.78 is 5.65. The minimum absolute atomic E-state index is 0.120. The maximum absolute atomic E-state index is 9.60. The summed E-state index contributed by atoms with van der Waals surface area (Å²) in [5.41, 5.74) is 0. The summed E-state index contributed by atoms with van der Waals surface area (Å²) in [7, 11) is 0. The molecule has 4 unspecified atom stereocenters. The lowest BCUT2D eigenvalue weighted by molar-refractivity contribution is 0.0413. The predicted octanol–water partition coefficient (Wildman–Crippen LogP) is 1.32. The van der Waals surface area contributed by atoms with Crippen molar-refractivity contribution in [2.24, 2.45) is 5.92 Å². The van der Waals surface area contributed by atoms with Crippen LogP contribution in [0, 0.1) is 5.92 Å². The molecule has 11 heavy (non-hydrogen) atoms. The van der Waals surface area contributed by atoms with Crippen molar-refractivity contribution >= 4 is 0 Å². The lowest BCUT2D eigenvalue weighted by atomic mass is 9.84. The van der Waals surface area contributed by atoms with E-state index >= 15 is 0 Å². The van der Waals surface area contributed by atoms with Crippen LogP contribution in [0.3, 0.4) is 0 Å². The summed E-state index contributed by atoms with van der Waals surface area (Å²) >= 11 is 0. The maximum atomic E-state index is 9.60. The van der Waals surface area contributed by atoms with Crippen LogP contribution >= 0.6 is 0 Å². The highest BCUT2D eigenvalue weighted by Crippen LogP contribution is 2.40. The Balaban J connectivity index is 1.96. The van der Waals surface area contributed by atoms with Gasteiger partial charge in [0, 0.05) is 5.92 Å². The van der Waals surface area contributed by atoms with Gasteiger partial charge in [-0.15, -0.1) is 0 Å². The molecular weight excluding hydrogens is 140 g/mol. The van der Waals surface area contributed by atoms with Crippen LogP contribution in [0.25, 0.3) is 0 Å². The Hall–Kier alpha value is -0.0800. The van der Waals surface area contributed by atoms with Crippen molar-refractivity contribution in [2.45, 2.75) is 50.9 Å². The Morgan fingerprint density at radius 3 is 2.82 bits per heavy atom. The van der Waals surface area contributed by atoms with E-state index in [0.717, 1.165) is 12.8 Å². The van der Waals surface area contributed by atoms with Crippen molar-refractivity contribution in [3.05, 3.63) is 0 Å². The van der Waals surface area contributed by atoms with Gasteiger partial charge in [-0.2, -0.15) is 0 Å². The molecule has 0 amide bonds. The van der Waals surface area contributed by atoms with E-state index < -0.39 is 0 Å². The molecule has 0 aliphatic carbocycles. The van der Waals surface area contributed by atoms with Gasteiger partial charge in [0.25, 0.3) is 0 Å². The fourth-order valence-corrected chi connectivity index (χ4v) is 2.38. The Labute approximate surface area is 67.6 Å². The standard InChI is InChI=1S/C9H16O2/c1-2-8(10)7-5-6-3-4-9(7)11-6/h6-10H,2-5H2,1H3. The Bertz CT molecular complexity index is 146. The topological polar surface area (TPSA) is 29.5 Å². The normalized spacial score (nSPS) is 44.7. The minimum atomic E-state index is -0.120. The van der Waals surface area contributed by atoms with Crippen LogP contribution in [-0.4, -0.2) is 23.4 Å². The molecule has 2 saturated heterocycles. The van der Waals surface area contributed by atoms with E-state index in [1.165, 1.54) is 12.8 Å². The summed E-state index contributed by atoms with van der Waals surface area (Å²) in [6.07, 6.45) is 5.10. The van der Waals surface area contributed by atoms with Crippen LogP contribution in [-0.2, 0) is 4.74 Å². The van der Waals surface area contributed by atoms with Crippen LogP contribution in [0.5, 0.6) is 0 Å². The fraction of sp³-hybridized carbons (Fsp3) is 1.00. The van der Waals surface area contributed by atoms with Crippen molar-refractivity contribution < 1.29 is 9.84 Å². The highest BCUT2D eigenvalue weighted by atomic mass is 16.5. The van der Waals surface area contributed by atoms with Crippen molar-refractivity contribution in [3.63, 3.8) is 0 Å². The third-order valence-electron chi connectivity index (χ3n) is 3.07. The van der Waals surface area contributed by atoms with E-state index in [0.29, 0.717) is 18.1 Å². The van der Waals surface area contributed by atoms with Crippen molar-refractivity contribution in [1.29, 1.82) is 0 Å². The number of fused-ring (bicyclic) bond motifs is 2. The molecule has 1 N–H and O–H groups in total. The smallest absolute Gasteiger partial charge is 0.0633 e. The molecule has 2 aliphatic heterocycles. The zero-order chi connectivity index (χ0) is 7.84. The van der Waals surface area contributed by atoms with Gasteiger partial charge in [0.05, 0.1) is 18.3 Å². The van der Waals surface area contributed by atoms with E-state index in [1.54, 1.807) is 0 Å². The molecule has 0 radical (unpaired) electrons. The second kappa shape index (κ2) is 2.76. The van der Waals surface area contributed by atoms with Crippen LogP contribution in [0.2, 0.25) is 0 Å². The Morgan fingerprint density at radius 1 is 1.55 bits per heavy atom. The molecule has 2 aliphatic rings. The van der Waals surface area contributed by atoms with Gasteiger partial charge in [0.1, 0.15) is 0 Å². The summed E-state index contributed by atoms with van der Waals surface area (Å²) in [4.78, 5) is 0. The van der Waals surface area contributed by atoms with Gasteiger partial charge >= 0.3 is 0 Å². The minimum Gasteiger partial charge on any atom is -0.393 e. The third kappa shape index (κ3) is 1.18. The third-order valence-corrected chi connectivity index (χ3v) is 3.07. The molecule has 64 valence electrons. The molecule has 0 aromatic carbocycles. The Kier molecular flexibility index (Phi) is 1.90. The highest BCUT2D eigenvalue weighted by molar-refractivity contribution is 4.92. The summed E-state index contributed by atoms with van der Waals surface area (Å²) in [6, 6.07) is 0. The van der Waals surface area contributed by atoms with E-state index in [1.807, 2.05) is 6.92 Å². The number of ether oxygens (including phenoxy) is 1. The summed E-state index contributed by atoms with van der Waals surface area (Å²) in [6.45, 7) is 2.04. The van der Waals surface area contributed by atoms with E-state index in [-0.39, 0.29) is 6.10 Å². The predicted molar refractivity (Wildman–Crippen MR) is 42.3 cm³/mol. The van der Waals surface area contributed by atoms with E-state index in [4.69, 9.17) is 4.74 Å². The molecular formula is C9H16O2. The van der Waals surface area contributed by atoms with Crippen LogP contribution in [0.1, 0.15) is 32.6 Å². The first-order valence-corrected chi connectivity index (χ1v) is 4.64. The molecule has 2 bridgehead atoms. The number of rotatable bonds is 2. The van der Waals surface area contributed by atoms with Gasteiger partial charge in [-0.3, -0.25) is 0 Å². The molecule has 0 saturated carbocycles. The summed E-state index contributed by atoms with van der Waals surface area (Å²) in [5.74, 6) is 0.443. The molecule has 2 fully saturated rings. The first kappa shape index (κ1) is 7.56. The fourth-order valence-electron chi connectivity index (χ4n) is 2.38. The van der Waals surface area contributed by atoms with Crippen LogP contribution < -0.4 is 0 Å². The first-order chi connectivity index (χ1) is 5.31. The van der Waals surface area contributed by atoms with Gasteiger partial charge in [-0.25, -0.2) is 0 Å². The van der Waals surface area contributed by atoms with E-state index in [2.05, 4.69) is 0 Å². The average molecular weight is 156 g/mol. The van der Waals surface area contributed by atoms with Crippen molar-refractivity contribution in [3.8, 4) is 0 Å². The Morgan fingerprint density at radius 2 is 2.36 bits per heavy atom. The molecule has 0 spiro atoms. The maximum Gasteiger partial charge on any atom is 0.0633 e. The quantitative estimate of drug-likeness (QED) is 0.653. The lowest BCUT2D eigenvalue weighted by Gasteiger charge is -2.22. The second-order valence-electron chi connectivity index (χ2n) is 3.75. The molecule has 2 heteroatoms. The van der Waals surface area contributed by atoms with Gasteiger partial charge in [-0.05, 0) is 25.7 Å². The molecule has 0 aromatic heterocycles. The molecule has 4 atom stereocenters. The number of aliphatic hydroxyl groups is 1. The SMILES string of the molecule is CCC(O)C1CC2CCC1O2. The number of aliphatic hydroxyl groups excluding tert-OH is 1. The largest absolute Gasteiger partial charge is 0.393 e. The number of hydrogen-bond acceptors (Lipinski definition) is 2. The lowest BCUT2D eigenvalue weighted by Crippen LogP contribution is -2.28. The second-order valence-corrected chi connectivity index (χ2v) is 3.75. The average Bonchev–Trinajstić information content (AvgIpc) is 2.62. The van der Waals surface area contributed by atoms with Crippen molar-refractivity contribution in [1.82, 2.24) is 0 Å². The molecule has 2 rings (SSSR count). The van der Waals surface area contributed by atoms with Crippen molar-refractivity contribution in [2.75, 3.05) is 0 Å². The van der Waals surface area contributed by atoms with Crippen LogP contribution in [0.15, 0.2) is 0 Å². The molecule has 0 aromatic rings. The molecule has 2 heterocycles. The number of hydrogen-bond donors (Lipinski definition) is 1. The first-order valence-electron chi connectivity index (χ1n) is 4.64. The zero-order valence-electron chi connectivity index (χ0n) is 6.99. The van der Waals surface area contributed by atoms with Crippen LogP contribution in [0.4, 0.5) is 0 Å². The van der Waals surface area contributed by atoms with Gasteiger partial charge < -0.3 is 9.84 Å². The summed E-state index contributed by atoms with van der Waals surface area (Å²) in [5, 5.41) is 9.60. The van der Waals surface area contributed by atoms with Gasteiger partial charge in [0.15, 0.2) is 0 Å². The van der Waals surface area contributed by atoms with Gasteiger partial charge in [-0.1, -0.05) is 6.92 Å². The van der Waals surface area contributed by atoms with E-state index in [9.17, 15) is 5.11 Å².